The highest BCUT2D eigenvalue weighted by molar-refractivity contribution is 6.35. The summed E-state index contributed by atoms with van der Waals surface area (Å²) in [4.78, 5) is 20.4. The minimum atomic E-state index is -0.431. The summed E-state index contributed by atoms with van der Waals surface area (Å²) < 4.78 is 0. The van der Waals surface area contributed by atoms with E-state index in [9.17, 15) is 4.79 Å². The van der Waals surface area contributed by atoms with Crippen LogP contribution in [0.2, 0.25) is 10.0 Å². The van der Waals surface area contributed by atoms with Crippen LogP contribution in [0, 0.1) is 0 Å². The Balaban J connectivity index is 1.76. The van der Waals surface area contributed by atoms with Gasteiger partial charge in [-0.25, -0.2) is 0 Å². The molecule has 2 aliphatic rings. The zero-order chi connectivity index (χ0) is 21.4. The van der Waals surface area contributed by atoms with Gasteiger partial charge in [0.1, 0.15) is 5.70 Å². The minimum Gasteiger partial charge on any atom is -0.378 e. The predicted molar refractivity (Wildman–Crippen MR) is 126 cm³/mol. The molecule has 1 atom stereocenters. The SMILES string of the molecule is O=C1C2=C(C(c3ccccc3)=NCCN2)[C@H](c2ccc(Cl)cc2Cl)N1c1ccccc1. The van der Waals surface area contributed by atoms with Gasteiger partial charge in [-0.05, 0) is 29.8 Å². The molecule has 1 amide bonds. The number of aliphatic imine (C=N–C) groups is 1. The van der Waals surface area contributed by atoms with Gasteiger partial charge in [-0.3, -0.25) is 14.7 Å². The summed E-state index contributed by atoms with van der Waals surface area (Å²) in [5.41, 5.74) is 4.79. The molecule has 154 valence electrons. The second-order valence-corrected chi connectivity index (χ2v) is 8.23. The highest BCUT2D eigenvalue weighted by Gasteiger charge is 2.44. The van der Waals surface area contributed by atoms with Crippen molar-refractivity contribution in [3.63, 3.8) is 0 Å². The summed E-state index contributed by atoms with van der Waals surface area (Å²) in [6.07, 6.45) is 0. The van der Waals surface area contributed by atoms with E-state index in [1.807, 2.05) is 66.7 Å². The first-order valence-corrected chi connectivity index (χ1v) is 10.8. The molecule has 3 aromatic rings. The third-order valence-electron chi connectivity index (χ3n) is 5.51. The first kappa shape index (κ1) is 19.9. The van der Waals surface area contributed by atoms with Crippen LogP contribution in [0.1, 0.15) is 17.2 Å². The van der Waals surface area contributed by atoms with Gasteiger partial charge >= 0.3 is 0 Å². The molecule has 31 heavy (non-hydrogen) atoms. The van der Waals surface area contributed by atoms with E-state index in [1.165, 1.54) is 0 Å². The number of anilines is 1. The molecule has 0 aliphatic carbocycles. The lowest BCUT2D eigenvalue weighted by molar-refractivity contribution is -0.115. The Morgan fingerprint density at radius 2 is 1.65 bits per heavy atom. The molecule has 5 rings (SSSR count). The number of hydrogen-bond acceptors (Lipinski definition) is 3. The van der Waals surface area contributed by atoms with Gasteiger partial charge in [0.05, 0.1) is 18.3 Å². The Hall–Kier alpha value is -3.08. The quantitative estimate of drug-likeness (QED) is 0.581. The number of carbonyl (C=O) groups excluding carboxylic acids is 1. The standard InChI is InChI=1S/C25H19Cl2N3O/c26-17-11-12-19(20(27)15-17)24-21-22(16-7-3-1-4-8-16)28-13-14-29-23(21)25(31)30(24)18-9-5-2-6-10-18/h1-12,15,24,29H,13-14H2/t24-/m0/s1. The molecule has 2 aliphatic heterocycles. The van der Waals surface area contributed by atoms with Crippen molar-refractivity contribution in [2.24, 2.45) is 4.99 Å². The lowest BCUT2D eigenvalue weighted by Gasteiger charge is -2.29. The van der Waals surface area contributed by atoms with Crippen molar-refractivity contribution in [2.75, 3.05) is 18.0 Å². The number of nitrogens with zero attached hydrogens (tertiary/aromatic N) is 2. The molecule has 0 aromatic heterocycles. The first-order valence-electron chi connectivity index (χ1n) is 10.1. The summed E-state index contributed by atoms with van der Waals surface area (Å²) in [6, 6.07) is 24.6. The highest BCUT2D eigenvalue weighted by Crippen LogP contribution is 2.44. The van der Waals surface area contributed by atoms with Crippen LogP contribution in [0.25, 0.3) is 0 Å². The molecule has 4 nitrogen and oxygen atoms in total. The number of rotatable bonds is 3. The molecule has 0 fully saturated rings. The van der Waals surface area contributed by atoms with Crippen LogP contribution in [0.3, 0.4) is 0 Å². The molecule has 0 unspecified atom stereocenters. The fraction of sp³-hybridized carbons (Fsp3) is 0.120. The van der Waals surface area contributed by atoms with E-state index in [4.69, 9.17) is 28.2 Å². The van der Waals surface area contributed by atoms with Crippen molar-refractivity contribution in [2.45, 2.75) is 6.04 Å². The van der Waals surface area contributed by atoms with Gasteiger partial charge in [0.2, 0.25) is 0 Å². The third-order valence-corrected chi connectivity index (χ3v) is 6.07. The number of hydrogen-bond donors (Lipinski definition) is 1. The largest absolute Gasteiger partial charge is 0.378 e. The number of benzene rings is 3. The fourth-order valence-electron chi connectivity index (χ4n) is 4.19. The summed E-state index contributed by atoms with van der Waals surface area (Å²) in [5.74, 6) is -0.0947. The normalized spacial score (nSPS) is 18.4. The van der Waals surface area contributed by atoms with E-state index in [1.54, 1.807) is 17.0 Å². The first-order chi connectivity index (χ1) is 15.1. The van der Waals surface area contributed by atoms with Gasteiger partial charge in [-0.15, -0.1) is 0 Å². The van der Waals surface area contributed by atoms with Crippen molar-refractivity contribution in [3.05, 3.63) is 111 Å². The average Bonchev–Trinajstić information content (AvgIpc) is 2.93. The molecule has 6 heteroatoms. The van der Waals surface area contributed by atoms with E-state index in [-0.39, 0.29) is 5.91 Å². The van der Waals surface area contributed by atoms with Crippen LogP contribution < -0.4 is 10.2 Å². The van der Waals surface area contributed by atoms with Crippen molar-refractivity contribution < 1.29 is 4.79 Å². The Morgan fingerprint density at radius 1 is 0.935 bits per heavy atom. The summed E-state index contributed by atoms with van der Waals surface area (Å²) in [6.45, 7) is 1.17. The Morgan fingerprint density at radius 3 is 2.35 bits per heavy atom. The maximum atomic E-state index is 13.7. The van der Waals surface area contributed by atoms with Gasteiger partial charge in [-0.2, -0.15) is 0 Å². The maximum absolute atomic E-state index is 13.7. The maximum Gasteiger partial charge on any atom is 0.275 e. The van der Waals surface area contributed by atoms with Crippen molar-refractivity contribution in [1.29, 1.82) is 0 Å². The summed E-state index contributed by atoms with van der Waals surface area (Å²) >= 11 is 12.9. The lowest BCUT2D eigenvalue weighted by Crippen LogP contribution is -2.33. The zero-order valence-corrected chi connectivity index (χ0v) is 18.1. The Bertz CT molecular complexity index is 1210. The van der Waals surface area contributed by atoms with Crippen LogP contribution in [0.4, 0.5) is 5.69 Å². The van der Waals surface area contributed by atoms with Gasteiger partial charge in [0.25, 0.3) is 5.91 Å². The summed E-state index contributed by atoms with van der Waals surface area (Å²) in [7, 11) is 0. The molecule has 0 saturated carbocycles. The van der Waals surface area contributed by atoms with Crippen LogP contribution in [-0.2, 0) is 4.79 Å². The fourth-order valence-corrected chi connectivity index (χ4v) is 4.70. The molecule has 2 heterocycles. The van der Waals surface area contributed by atoms with Crippen LogP contribution in [0.15, 0.2) is 95.1 Å². The molecular formula is C25H19Cl2N3O. The van der Waals surface area contributed by atoms with Gasteiger partial charge < -0.3 is 5.32 Å². The molecule has 3 aromatic carbocycles. The molecule has 0 spiro atoms. The van der Waals surface area contributed by atoms with E-state index in [0.717, 1.165) is 28.1 Å². The molecule has 0 radical (unpaired) electrons. The highest BCUT2D eigenvalue weighted by atomic mass is 35.5. The van der Waals surface area contributed by atoms with E-state index in [2.05, 4.69) is 5.32 Å². The van der Waals surface area contributed by atoms with Crippen LogP contribution in [0.5, 0.6) is 0 Å². The van der Waals surface area contributed by atoms with Crippen molar-refractivity contribution in [3.8, 4) is 0 Å². The third kappa shape index (κ3) is 3.52. The second kappa shape index (κ2) is 8.22. The van der Waals surface area contributed by atoms with Crippen LogP contribution >= 0.6 is 23.2 Å². The number of nitrogens with one attached hydrogen (secondary N) is 1. The van der Waals surface area contributed by atoms with Gasteiger partial charge in [-0.1, -0.05) is 77.8 Å². The number of amides is 1. The molecule has 0 saturated heterocycles. The number of halogens is 2. The van der Waals surface area contributed by atoms with E-state index < -0.39 is 6.04 Å². The molecular weight excluding hydrogens is 429 g/mol. The minimum absolute atomic E-state index is 0.0947. The molecule has 1 N–H and O–H groups in total. The number of para-hydroxylation sites is 1. The molecule has 0 bridgehead atoms. The van der Waals surface area contributed by atoms with Crippen molar-refractivity contribution in [1.82, 2.24) is 5.32 Å². The van der Waals surface area contributed by atoms with Crippen molar-refractivity contribution >= 4 is 40.5 Å². The van der Waals surface area contributed by atoms with Gasteiger partial charge in [0, 0.05) is 33.4 Å². The topological polar surface area (TPSA) is 44.7 Å². The smallest absolute Gasteiger partial charge is 0.275 e. The monoisotopic (exact) mass is 447 g/mol. The van der Waals surface area contributed by atoms with Crippen LogP contribution in [-0.4, -0.2) is 24.7 Å². The van der Waals surface area contributed by atoms with E-state index in [0.29, 0.717) is 28.8 Å². The zero-order valence-electron chi connectivity index (χ0n) is 16.6. The second-order valence-electron chi connectivity index (χ2n) is 7.39. The average molecular weight is 448 g/mol. The van der Waals surface area contributed by atoms with Gasteiger partial charge in [0.15, 0.2) is 0 Å². The number of carbonyl (C=O) groups is 1. The Labute approximate surface area is 190 Å². The predicted octanol–water partition coefficient (Wildman–Crippen LogP) is 5.43. The summed E-state index contributed by atoms with van der Waals surface area (Å²) in [5, 5.41) is 4.39. The lowest BCUT2D eigenvalue weighted by atomic mass is 9.91. The van der Waals surface area contributed by atoms with E-state index >= 15 is 0 Å². The Kier molecular flexibility index (Phi) is 5.26.